The number of halogens is 3. The van der Waals surface area contributed by atoms with Crippen molar-refractivity contribution in [1.82, 2.24) is 4.90 Å². The van der Waals surface area contributed by atoms with Gasteiger partial charge in [-0.1, -0.05) is 13.0 Å². The van der Waals surface area contributed by atoms with Crippen molar-refractivity contribution in [2.45, 2.75) is 38.9 Å². The van der Waals surface area contributed by atoms with E-state index in [1.807, 2.05) is 20.8 Å². The van der Waals surface area contributed by atoms with Crippen molar-refractivity contribution in [3.8, 4) is 0 Å². The largest absolute Gasteiger partial charge is 0.418 e. The molecule has 21 heavy (non-hydrogen) atoms. The summed E-state index contributed by atoms with van der Waals surface area (Å²) >= 11 is 0. The van der Waals surface area contributed by atoms with Crippen LogP contribution < -0.4 is 5.32 Å². The molecule has 0 aromatic heterocycles. The fourth-order valence-electron chi connectivity index (χ4n) is 1.93. The maximum absolute atomic E-state index is 13.0. The highest BCUT2D eigenvalue weighted by Gasteiger charge is 2.36. The number of carbonyl (C=O) groups excluding carboxylic acids is 1. The fourth-order valence-corrected chi connectivity index (χ4v) is 1.93. The van der Waals surface area contributed by atoms with Crippen LogP contribution >= 0.6 is 0 Å². The molecular weight excluding hydrogens is 281 g/mol. The summed E-state index contributed by atoms with van der Waals surface area (Å²) in [7, 11) is 2.98. The molecule has 0 fully saturated rings. The molecule has 1 aromatic carbocycles. The molecular formula is C15H21F3N2O. The second kappa shape index (κ2) is 5.95. The molecule has 0 radical (unpaired) electrons. The predicted octanol–water partition coefficient (Wildman–Crippen LogP) is 4.01. The molecule has 0 aliphatic heterocycles. The summed E-state index contributed by atoms with van der Waals surface area (Å²) in [5, 5.41) is 2.51. The van der Waals surface area contributed by atoms with E-state index in [9.17, 15) is 18.0 Å². The van der Waals surface area contributed by atoms with Gasteiger partial charge < -0.3 is 10.2 Å². The van der Waals surface area contributed by atoms with Crippen LogP contribution in [0.2, 0.25) is 0 Å². The Balaban J connectivity index is 3.35. The Morgan fingerprint density at radius 3 is 2.29 bits per heavy atom. The lowest BCUT2D eigenvalue weighted by atomic mass is 9.97. The normalized spacial score (nSPS) is 12.2. The molecule has 0 aliphatic carbocycles. The van der Waals surface area contributed by atoms with Crippen LogP contribution in [0.4, 0.5) is 18.9 Å². The average molecular weight is 302 g/mol. The highest BCUT2D eigenvalue weighted by atomic mass is 19.4. The van der Waals surface area contributed by atoms with Gasteiger partial charge in [0, 0.05) is 19.6 Å². The lowest BCUT2D eigenvalue weighted by Crippen LogP contribution is -2.44. The van der Waals surface area contributed by atoms with Crippen LogP contribution in [0.15, 0.2) is 18.2 Å². The first-order valence-corrected chi connectivity index (χ1v) is 6.72. The number of nitrogens with zero attached hydrogens (tertiary/aromatic N) is 1. The van der Waals surface area contributed by atoms with Crippen LogP contribution in [0, 0.1) is 0 Å². The monoisotopic (exact) mass is 302 g/mol. The van der Waals surface area contributed by atoms with Crippen molar-refractivity contribution < 1.29 is 18.0 Å². The number of alkyl halides is 3. The minimum Gasteiger partial charge on any atom is -0.387 e. The van der Waals surface area contributed by atoms with Crippen LogP contribution in [0.3, 0.4) is 0 Å². The standard InChI is InChI=1S/C15H21F3N2O/c1-6-14(2,3)20(5)13(21)10-8-7-9-11(12(10)19-4)15(16,17)18/h7-9,19H,6H2,1-5H3. The van der Waals surface area contributed by atoms with Gasteiger partial charge in [0.25, 0.3) is 5.91 Å². The first-order chi connectivity index (χ1) is 9.56. The summed E-state index contributed by atoms with van der Waals surface area (Å²) in [4.78, 5) is 14.0. The van der Waals surface area contributed by atoms with E-state index in [0.29, 0.717) is 6.42 Å². The molecule has 3 nitrogen and oxygen atoms in total. The molecule has 0 spiro atoms. The molecule has 0 unspecified atom stereocenters. The summed E-state index contributed by atoms with van der Waals surface area (Å²) in [5.74, 6) is -0.433. The Morgan fingerprint density at radius 1 is 1.29 bits per heavy atom. The van der Waals surface area contributed by atoms with E-state index in [4.69, 9.17) is 0 Å². The number of amides is 1. The maximum atomic E-state index is 13.0. The zero-order valence-electron chi connectivity index (χ0n) is 12.9. The van der Waals surface area contributed by atoms with E-state index in [2.05, 4.69) is 5.32 Å². The van der Waals surface area contributed by atoms with E-state index in [1.165, 1.54) is 24.1 Å². The van der Waals surface area contributed by atoms with Gasteiger partial charge >= 0.3 is 6.18 Å². The molecule has 118 valence electrons. The smallest absolute Gasteiger partial charge is 0.387 e. The number of para-hydroxylation sites is 1. The summed E-state index contributed by atoms with van der Waals surface area (Å²) in [6.07, 6.45) is -3.81. The van der Waals surface area contributed by atoms with E-state index >= 15 is 0 Å². The molecule has 0 saturated carbocycles. The molecule has 0 bridgehead atoms. The topological polar surface area (TPSA) is 32.3 Å². The lowest BCUT2D eigenvalue weighted by Gasteiger charge is -2.35. The first kappa shape index (κ1) is 17.3. The first-order valence-electron chi connectivity index (χ1n) is 6.72. The van der Waals surface area contributed by atoms with Crippen molar-refractivity contribution >= 4 is 11.6 Å². The molecule has 1 rings (SSSR count). The van der Waals surface area contributed by atoms with Gasteiger partial charge in [0.15, 0.2) is 0 Å². The Hall–Kier alpha value is -1.72. The summed E-state index contributed by atoms with van der Waals surface area (Å²) in [6, 6.07) is 3.63. The number of anilines is 1. The van der Waals surface area contributed by atoms with Crippen molar-refractivity contribution in [2.75, 3.05) is 19.4 Å². The van der Waals surface area contributed by atoms with E-state index in [-0.39, 0.29) is 11.3 Å². The second-order valence-corrected chi connectivity index (χ2v) is 5.51. The third kappa shape index (κ3) is 3.49. The van der Waals surface area contributed by atoms with Crippen LogP contribution in [-0.4, -0.2) is 30.4 Å². The fraction of sp³-hybridized carbons (Fsp3) is 0.533. The maximum Gasteiger partial charge on any atom is 0.418 e. The molecule has 0 heterocycles. The van der Waals surface area contributed by atoms with E-state index in [1.54, 1.807) is 7.05 Å². The van der Waals surface area contributed by atoms with E-state index in [0.717, 1.165) is 6.07 Å². The van der Waals surface area contributed by atoms with Gasteiger partial charge in [0.1, 0.15) is 0 Å². The number of carbonyl (C=O) groups is 1. The number of rotatable bonds is 4. The van der Waals surface area contributed by atoms with Crippen LogP contribution in [0.5, 0.6) is 0 Å². The van der Waals surface area contributed by atoms with Gasteiger partial charge in [-0.25, -0.2) is 0 Å². The minimum atomic E-state index is -4.51. The molecule has 0 aliphatic rings. The summed E-state index contributed by atoms with van der Waals surface area (Å²) < 4.78 is 39.0. The highest BCUT2D eigenvalue weighted by Crippen LogP contribution is 2.37. The van der Waals surface area contributed by atoms with Gasteiger partial charge in [-0.3, -0.25) is 4.79 Å². The summed E-state index contributed by atoms with van der Waals surface area (Å²) in [6.45, 7) is 5.67. The minimum absolute atomic E-state index is 0.0244. The predicted molar refractivity (Wildman–Crippen MR) is 77.5 cm³/mol. The molecule has 1 N–H and O–H groups in total. The molecule has 0 saturated heterocycles. The number of nitrogens with one attached hydrogen (secondary N) is 1. The summed E-state index contributed by atoms with van der Waals surface area (Å²) in [5.41, 5.74) is -1.43. The number of benzene rings is 1. The van der Waals surface area contributed by atoms with Crippen molar-refractivity contribution in [3.63, 3.8) is 0 Å². The van der Waals surface area contributed by atoms with Crippen LogP contribution in [-0.2, 0) is 6.18 Å². The third-order valence-corrected chi connectivity index (χ3v) is 3.93. The van der Waals surface area contributed by atoms with Gasteiger partial charge in [-0.15, -0.1) is 0 Å². The van der Waals surface area contributed by atoms with Crippen molar-refractivity contribution in [1.29, 1.82) is 0 Å². The lowest BCUT2D eigenvalue weighted by molar-refractivity contribution is -0.136. The molecule has 0 atom stereocenters. The van der Waals surface area contributed by atoms with Gasteiger partial charge in [-0.2, -0.15) is 13.2 Å². The Labute approximate surface area is 123 Å². The Morgan fingerprint density at radius 2 is 1.86 bits per heavy atom. The molecule has 1 aromatic rings. The number of hydrogen-bond acceptors (Lipinski definition) is 2. The molecule has 6 heteroatoms. The second-order valence-electron chi connectivity index (χ2n) is 5.51. The van der Waals surface area contributed by atoms with E-state index < -0.39 is 23.2 Å². The molecule has 1 amide bonds. The zero-order chi connectivity index (χ0) is 16.4. The van der Waals surface area contributed by atoms with Gasteiger partial charge in [0.2, 0.25) is 0 Å². The zero-order valence-corrected chi connectivity index (χ0v) is 12.9. The SMILES string of the molecule is CCC(C)(C)N(C)C(=O)c1cccc(C(F)(F)F)c1NC. The van der Waals surface area contributed by atoms with Crippen molar-refractivity contribution in [3.05, 3.63) is 29.3 Å². The Bertz CT molecular complexity index is 524. The Kier molecular flexibility index (Phi) is 4.91. The third-order valence-electron chi connectivity index (χ3n) is 3.93. The van der Waals surface area contributed by atoms with Crippen LogP contribution in [0.1, 0.15) is 43.1 Å². The van der Waals surface area contributed by atoms with Gasteiger partial charge in [-0.05, 0) is 32.4 Å². The van der Waals surface area contributed by atoms with Gasteiger partial charge in [0.05, 0.1) is 16.8 Å². The van der Waals surface area contributed by atoms with Crippen LogP contribution in [0.25, 0.3) is 0 Å². The average Bonchev–Trinajstić information content (AvgIpc) is 2.43. The van der Waals surface area contributed by atoms with Crippen molar-refractivity contribution in [2.24, 2.45) is 0 Å². The quantitative estimate of drug-likeness (QED) is 0.911. The number of hydrogen-bond donors (Lipinski definition) is 1. The highest BCUT2D eigenvalue weighted by molar-refractivity contribution is 6.00.